The molecular weight excluding hydrogens is 308 g/mol. The molecule has 7 heteroatoms. The fourth-order valence-corrected chi connectivity index (χ4v) is 3.01. The van der Waals surface area contributed by atoms with Crippen LogP contribution in [0.15, 0.2) is 11.8 Å². The van der Waals surface area contributed by atoms with Crippen LogP contribution >= 0.6 is 0 Å². The first-order valence-electron chi connectivity index (χ1n) is 8.55. The standard InChI is InChI=1S/C17H26N4O3/c1-3-24-17(23)14-4-6-21(7-5-14)16(22)15(12-18)13-20-10-8-19(2)9-11-20/h13-14H,3-11H2,1-2H3/b15-13-. The lowest BCUT2D eigenvalue weighted by Gasteiger charge is -2.33. The van der Waals surface area contributed by atoms with Crippen molar-refractivity contribution < 1.29 is 14.3 Å². The Balaban J connectivity index is 1.91. The van der Waals surface area contributed by atoms with Gasteiger partial charge in [-0.25, -0.2) is 0 Å². The maximum absolute atomic E-state index is 12.6. The number of ether oxygens (including phenoxy) is 1. The van der Waals surface area contributed by atoms with Gasteiger partial charge in [0.25, 0.3) is 5.91 Å². The molecule has 0 bridgehead atoms. The number of carbonyl (C=O) groups is 2. The van der Waals surface area contributed by atoms with E-state index in [0.717, 1.165) is 26.2 Å². The molecule has 7 nitrogen and oxygen atoms in total. The van der Waals surface area contributed by atoms with Crippen LogP contribution in [0.4, 0.5) is 0 Å². The van der Waals surface area contributed by atoms with Crippen molar-refractivity contribution in [2.75, 3.05) is 52.9 Å². The number of likely N-dealkylation sites (N-methyl/N-ethyl adjacent to an activating group) is 1. The number of rotatable bonds is 4. The Morgan fingerprint density at radius 1 is 1.17 bits per heavy atom. The van der Waals surface area contributed by atoms with E-state index in [1.54, 1.807) is 18.0 Å². The van der Waals surface area contributed by atoms with Crippen LogP contribution in [0.5, 0.6) is 0 Å². The zero-order valence-electron chi connectivity index (χ0n) is 14.5. The van der Waals surface area contributed by atoms with Crippen molar-refractivity contribution >= 4 is 11.9 Å². The van der Waals surface area contributed by atoms with E-state index < -0.39 is 0 Å². The van der Waals surface area contributed by atoms with E-state index in [-0.39, 0.29) is 23.4 Å². The first kappa shape index (κ1) is 18.3. The summed E-state index contributed by atoms with van der Waals surface area (Å²) in [6.45, 7) is 6.64. The quantitative estimate of drug-likeness (QED) is 0.422. The third-order valence-electron chi connectivity index (χ3n) is 4.60. The third kappa shape index (κ3) is 4.71. The van der Waals surface area contributed by atoms with Crippen LogP contribution in [0.3, 0.4) is 0 Å². The number of carbonyl (C=O) groups excluding carboxylic acids is 2. The minimum Gasteiger partial charge on any atom is -0.466 e. The van der Waals surface area contributed by atoms with Gasteiger partial charge in [-0.05, 0) is 26.8 Å². The van der Waals surface area contributed by atoms with Crippen LogP contribution in [0.25, 0.3) is 0 Å². The van der Waals surface area contributed by atoms with E-state index in [1.165, 1.54) is 0 Å². The molecule has 0 atom stereocenters. The van der Waals surface area contributed by atoms with Crippen LogP contribution in [-0.4, -0.2) is 79.5 Å². The molecule has 0 aromatic heterocycles. The summed E-state index contributed by atoms with van der Waals surface area (Å²) in [5.41, 5.74) is 0.175. The summed E-state index contributed by atoms with van der Waals surface area (Å²) < 4.78 is 5.04. The van der Waals surface area contributed by atoms with Crippen LogP contribution in [0.2, 0.25) is 0 Å². The smallest absolute Gasteiger partial charge is 0.309 e. The van der Waals surface area contributed by atoms with Gasteiger partial charge < -0.3 is 19.4 Å². The third-order valence-corrected chi connectivity index (χ3v) is 4.60. The van der Waals surface area contributed by atoms with Crippen molar-refractivity contribution in [2.45, 2.75) is 19.8 Å². The van der Waals surface area contributed by atoms with Crippen LogP contribution in [-0.2, 0) is 14.3 Å². The highest BCUT2D eigenvalue weighted by molar-refractivity contribution is 5.97. The molecule has 0 unspecified atom stereocenters. The molecule has 2 aliphatic rings. The molecule has 1 amide bonds. The molecule has 0 radical (unpaired) electrons. The molecule has 2 aliphatic heterocycles. The molecule has 0 spiro atoms. The SMILES string of the molecule is CCOC(=O)C1CCN(C(=O)/C(C#N)=C\N2CCN(C)CC2)CC1. The van der Waals surface area contributed by atoms with E-state index in [2.05, 4.69) is 11.9 Å². The Labute approximate surface area is 143 Å². The zero-order chi connectivity index (χ0) is 17.5. The zero-order valence-corrected chi connectivity index (χ0v) is 14.5. The second kappa shape index (κ2) is 8.69. The molecule has 2 heterocycles. The normalized spacial score (nSPS) is 20.6. The van der Waals surface area contributed by atoms with Crippen LogP contribution in [0.1, 0.15) is 19.8 Å². The van der Waals surface area contributed by atoms with E-state index in [0.29, 0.717) is 32.5 Å². The average Bonchev–Trinajstić information content (AvgIpc) is 2.61. The predicted molar refractivity (Wildman–Crippen MR) is 88.7 cm³/mol. The first-order valence-corrected chi connectivity index (χ1v) is 8.55. The molecule has 2 fully saturated rings. The first-order chi connectivity index (χ1) is 11.5. The van der Waals surface area contributed by atoms with Gasteiger partial charge in [-0.1, -0.05) is 0 Å². The van der Waals surface area contributed by atoms with E-state index in [4.69, 9.17) is 4.74 Å². The maximum Gasteiger partial charge on any atom is 0.309 e. The number of amides is 1. The molecule has 0 N–H and O–H groups in total. The molecule has 0 aliphatic carbocycles. The van der Waals surface area contributed by atoms with Crippen LogP contribution < -0.4 is 0 Å². The van der Waals surface area contributed by atoms with Gasteiger partial charge in [0.1, 0.15) is 11.6 Å². The lowest BCUT2D eigenvalue weighted by molar-refractivity contribution is -0.150. The van der Waals surface area contributed by atoms with Gasteiger partial charge in [0.15, 0.2) is 0 Å². The largest absolute Gasteiger partial charge is 0.466 e. The molecule has 0 saturated carbocycles. The minimum absolute atomic E-state index is 0.138. The number of hydrogen-bond acceptors (Lipinski definition) is 6. The number of esters is 1. The van der Waals surface area contributed by atoms with Gasteiger partial charge in [-0.15, -0.1) is 0 Å². The summed E-state index contributed by atoms with van der Waals surface area (Å²) in [7, 11) is 2.06. The monoisotopic (exact) mass is 334 g/mol. The number of nitriles is 1. The molecule has 0 aromatic rings. The predicted octanol–water partition coefficient (Wildman–Crippen LogP) is 0.443. The van der Waals surface area contributed by atoms with Crippen molar-refractivity contribution in [3.8, 4) is 6.07 Å². The highest BCUT2D eigenvalue weighted by Gasteiger charge is 2.29. The van der Waals surface area contributed by atoms with Gasteiger partial charge in [0, 0.05) is 45.5 Å². The van der Waals surface area contributed by atoms with E-state index >= 15 is 0 Å². The molecule has 0 aromatic carbocycles. The van der Waals surface area contributed by atoms with Crippen molar-refractivity contribution in [1.82, 2.24) is 14.7 Å². The fourth-order valence-electron chi connectivity index (χ4n) is 3.01. The Hall–Kier alpha value is -2.07. The van der Waals surface area contributed by atoms with Gasteiger partial charge in [-0.2, -0.15) is 5.26 Å². The van der Waals surface area contributed by atoms with E-state index in [1.807, 2.05) is 11.0 Å². The maximum atomic E-state index is 12.6. The highest BCUT2D eigenvalue weighted by Crippen LogP contribution is 2.20. The van der Waals surface area contributed by atoms with Crippen LogP contribution in [0, 0.1) is 17.2 Å². The Kier molecular flexibility index (Phi) is 6.62. The number of nitrogens with zero attached hydrogens (tertiary/aromatic N) is 4. The average molecular weight is 334 g/mol. The van der Waals surface area contributed by atoms with Gasteiger partial charge >= 0.3 is 5.97 Å². The second-order valence-corrected chi connectivity index (χ2v) is 6.31. The molecule has 2 saturated heterocycles. The lowest BCUT2D eigenvalue weighted by Crippen LogP contribution is -2.43. The lowest BCUT2D eigenvalue weighted by atomic mass is 9.96. The summed E-state index contributed by atoms with van der Waals surface area (Å²) in [5.74, 6) is -0.557. The van der Waals surface area contributed by atoms with Crippen molar-refractivity contribution in [3.63, 3.8) is 0 Å². The number of piperazine rings is 1. The number of hydrogen-bond donors (Lipinski definition) is 0. The Morgan fingerprint density at radius 2 is 1.79 bits per heavy atom. The van der Waals surface area contributed by atoms with Gasteiger partial charge in [-0.3, -0.25) is 9.59 Å². The van der Waals surface area contributed by atoms with Crippen molar-refractivity contribution in [2.24, 2.45) is 5.92 Å². The molecular formula is C17H26N4O3. The molecule has 2 rings (SSSR count). The van der Waals surface area contributed by atoms with Crippen molar-refractivity contribution in [1.29, 1.82) is 5.26 Å². The summed E-state index contributed by atoms with van der Waals surface area (Å²) in [6, 6.07) is 2.03. The van der Waals surface area contributed by atoms with Crippen molar-refractivity contribution in [3.05, 3.63) is 11.8 Å². The topological polar surface area (TPSA) is 76.9 Å². The summed E-state index contributed by atoms with van der Waals surface area (Å²) in [4.78, 5) is 30.2. The van der Waals surface area contributed by atoms with Gasteiger partial charge in [0.05, 0.1) is 12.5 Å². The van der Waals surface area contributed by atoms with E-state index in [9.17, 15) is 14.9 Å². The molecule has 132 valence electrons. The summed E-state index contributed by atoms with van der Waals surface area (Å²) >= 11 is 0. The fraction of sp³-hybridized carbons (Fsp3) is 0.706. The second-order valence-electron chi connectivity index (χ2n) is 6.31. The number of likely N-dealkylation sites (tertiary alicyclic amines) is 1. The number of piperidine rings is 1. The summed E-state index contributed by atoms with van der Waals surface area (Å²) in [5, 5.41) is 9.34. The minimum atomic E-state index is -0.237. The summed E-state index contributed by atoms with van der Waals surface area (Å²) in [6.07, 6.45) is 2.88. The highest BCUT2D eigenvalue weighted by atomic mass is 16.5. The Bertz CT molecular complexity index is 524. The molecule has 24 heavy (non-hydrogen) atoms. The Morgan fingerprint density at radius 3 is 2.33 bits per heavy atom. The van der Waals surface area contributed by atoms with Gasteiger partial charge in [0.2, 0.25) is 0 Å².